The minimum Gasteiger partial charge on any atom is -0.497 e. The van der Waals surface area contributed by atoms with E-state index in [-0.39, 0.29) is 36.4 Å². The van der Waals surface area contributed by atoms with Gasteiger partial charge in [-0.3, -0.25) is 14.3 Å². The summed E-state index contributed by atoms with van der Waals surface area (Å²) in [4.78, 5) is 41.0. The summed E-state index contributed by atoms with van der Waals surface area (Å²) in [7, 11) is -1.29. The van der Waals surface area contributed by atoms with Crippen LogP contribution in [0.25, 0.3) is 0 Å². The molecule has 2 aliphatic heterocycles. The van der Waals surface area contributed by atoms with Crippen molar-refractivity contribution in [2.45, 2.75) is 63.2 Å². The molecule has 1 fully saturated rings. The normalized spacial score (nSPS) is 21.9. The van der Waals surface area contributed by atoms with Crippen molar-refractivity contribution >= 4 is 43.1 Å². The maximum atomic E-state index is 14.7. The van der Waals surface area contributed by atoms with Crippen molar-refractivity contribution in [3.05, 3.63) is 100 Å². The molecule has 48 heavy (non-hydrogen) atoms. The highest BCUT2D eigenvalue weighted by Gasteiger charge is 2.66. The Kier molecular flexibility index (Phi) is 9.47. The van der Waals surface area contributed by atoms with Crippen molar-refractivity contribution < 1.29 is 29.0 Å². The number of hydrogen-bond acceptors (Lipinski definition) is 8. The number of halogens is 1. The molecule has 11 nitrogen and oxygen atoms in total. The third kappa shape index (κ3) is 6.38. The van der Waals surface area contributed by atoms with Gasteiger partial charge in [0.1, 0.15) is 5.75 Å². The molecular formula is C35H40ClN5O6Si. The van der Waals surface area contributed by atoms with Gasteiger partial charge in [0.25, 0.3) is 11.8 Å². The number of aliphatic hydroxyl groups is 1. The molecule has 2 amide bonds. The maximum Gasteiger partial charge on any atom is 0.264 e. The van der Waals surface area contributed by atoms with Gasteiger partial charge in [0.15, 0.2) is 13.9 Å². The predicted octanol–water partition coefficient (Wildman–Crippen LogP) is 5.16. The third-order valence-electron chi connectivity index (χ3n) is 9.42. The van der Waals surface area contributed by atoms with Crippen LogP contribution in [0.4, 0.5) is 11.4 Å². The number of fused-ring (bicyclic) bond motifs is 2. The second kappa shape index (κ2) is 13.4. The van der Waals surface area contributed by atoms with Gasteiger partial charge in [-0.2, -0.15) is 0 Å². The molecule has 252 valence electrons. The van der Waals surface area contributed by atoms with E-state index in [1.807, 2.05) is 44.3 Å². The molecule has 1 aromatic heterocycles. The number of aliphatic hydroxyl groups excluding tert-OH is 1. The topological polar surface area (TPSA) is 139 Å². The molecule has 0 bridgehead atoms. The Morgan fingerprint density at radius 2 is 1.92 bits per heavy atom. The smallest absolute Gasteiger partial charge is 0.264 e. The molecule has 3 aromatic carbocycles. The first kappa shape index (κ1) is 33.8. The van der Waals surface area contributed by atoms with Crippen LogP contribution in [0.3, 0.4) is 0 Å². The first-order valence-corrected chi connectivity index (χ1v) is 19.4. The van der Waals surface area contributed by atoms with E-state index in [9.17, 15) is 19.5 Å². The van der Waals surface area contributed by atoms with Gasteiger partial charge in [0, 0.05) is 59.1 Å². The summed E-state index contributed by atoms with van der Waals surface area (Å²) >= 11 is 6.55. The molecule has 0 radical (unpaired) electrons. The molecule has 3 heterocycles. The predicted molar refractivity (Wildman–Crippen MR) is 185 cm³/mol. The minimum atomic E-state index is -2.86. The lowest BCUT2D eigenvalue weighted by atomic mass is 9.82. The Labute approximate surface area is 285 Å². The minimum absolute atomic E-state index is 0.0138. The van der Waals surface area contributed by atoms with Crippen LogP contribution in [0.1, 0.15) is 40.5 Å². The zero-order chi connectivity index (χ0) is 34.2. The highest BCUT2D eigenvalue weighted by Crippen LogP contribution is 2.60. The fourth-order valence-electron chi connectivity index (χ4n) is 7.29. The standard InChI is InChI=1S/C35H40ClN5O6Si/c1-22-32(48(3,4)45)31(14-16-40-21-27(15-17-42)38-39-40)47-35(22)29-19-25(36)10-13-30(29)41(34(35)44)20-23-6-5-7-26(18-23)37-33(43)24-8-11-28(46-2)12-9-24/h5-13,18-19,21-22,31-32,42,45H,14-17,20H2,1-4H3,(H,37,43)/t22-,31+,32-,35+/m1/s1. The van der Waals surface area contributed by atoms with Gasteiger partial charge < -0.3 is 29.6 Å². The summed E-state index contributed by atoms with van der Waals surface area (Å²) in [5, 5.41) is 21.0. The quantitative estimate of drug-likeness (QED) is 0.184. The molecule has 0 unspecified atom stereocenters. The van der Waals surface area contributed by atoms with Crippen molar-refractivity contribution in [3.63, 3.8) is 0 Å². The van der Waals surface area contributed by atoms with Crippen molar-refractivity contribution in [2.24, 2.45) is 5.92 Å². The molecule has 4 atom stereocenters. The molecule has 3 N–H and O–H groups in total. The largest absolute Gasteiger partial charge is 0.497 e. The van der Waals surface area contributed by atoms with Crippen LogP contribution < -0.4 is 15.0 Å². The second-order valence-corrected chi connectivity index (χ2v) is 17.4. The van der Waals surface area contributed by atoms with Gasteiger partial charge in [-0.25, -0.2) is 0 Å². The van der Waals surface area contributed by atoms with Gasteiger partial charge in [0.05, 0.1) is 31.1 Å². The molecule has 6 rings (SSSR count). The zero-order valence-electron chi connectivity index (χ0n) is 27.4. The van der Waals surface area contributed by atoms with E-state index in [0.29, 0.717) is 58.4 Å². The number of carbonyl (C=O) groups is 2. The summed E-state index contributed by atoms with van der Waals surface area (Å²) < 4.78 is 13.8. The highest BCUT2D eigenvalue weighted by molar-refractivity contribution is 6.71. The lowest BCUT2D eigenvalue weighted by Crippen LogP contribution is -2.46. The van der Waals surface area contributed by atoms with E-state index < -0.39 is 20.0 Å². The summed E-state index contributed by atoms with van der Waals surface area (Å²) in [6, 6.07) is 19.7. The monoisotopic (exact) mass is 689 g/mol. The number of aryl methyl sites for hydroxylation is 1. The van der Waals surface area contributed by atoms with Gasteiger partial charge >= 0.3 is 0 Å². The fourth-order valence-corrected chi connectivity index (χ4v) is 10.1. The number of carbonyl (C=O) groups excluding carboxylic acids is 2. The van der Waals surface area contributed by atoms with Crippen molar-refractivity contribution in [2.75, 3.05) is 23.9 Å². The summed E-state index contributed by atoms with van der Waals surface area (Å²) in [5.41, 5.74) is 2.38. The van der Waals surface area contributed by atoms with E-state index in [2.05, 4.69) is 15.6 Å². The Morgan fingerprint density at radius 1 is 1.15 bits per heavy atom. The van der Waals surface area contributed by atoms with Gasteiger partial charge in [0.2, 0.25) is 0 Å². The van der Waals surface area contributed by atoms with Crippen molar-refractivity contribution in [1.82, 2.24) is 15.0 Å². The van der Waals surface area contributed by atoms with E-state index in [1.165, 1.54) is 0 Å². The van der Waals surface area contributed by atoms with Gasteiger partial charge in [-0.05, 0) is 79.7 Å². The van der Waals surface area contributed by atoms with Crippen LogP contribution in [-0.4, -0.2) is 64.8 Å². The molecular weight excluding hydrogens is 650 g/mol. The van der Waals surface area contributed by atoms with E-state index in [0.717, 1.165) is 5.56 Å². The van der Waals surface area contributed by atoms with Gasteiger partial charge in [-0.1, -0.05) is 35.9 Å². The Morgan fingerprint density at radius 3 is 2.62 bits per heavy atom. The Bertz CT molecular complexity index is 1810. The van der Waals surface area contributed by atoms with Crippen molar-refractivity contribution in [3.8, 4) is 5.75 Å². The van der Waals surface area contributed by atoms with Crippen LogP contribution in [0.2, 0.25) is 23.7 Å². The third-order valence-corrected chi connectivity index (χ3v) is 12.2. The number of nitrogens with zero attached hydrogens (tertiary/aromatic N) is 4. The summed E-state index contributed by atoms with van der Waals surface area (Å²) in [5.74, 6) is -0.159. The maximum absolute atomic E-state index is 14.7. The summed E-state index contributed by atoms with van der Waals surface area (Å²) in [6.07, 6.45) is 2.30. The van der Waals surface area contributed by atoms with Crippen molar-refractivity contribution in [1.29, 1.82) is 0 Å². The second-order valence-electron chi connectivity index (χ2n) is 13.0. The molecule has 1 spiro atoms. The molecule has 13 heteroatoms. The number of nitrogens with one attached hydrogen (secondary N) is 1. The molecule has 1 saturated heterocycles. The van der Waals surface area contributed by atoms with Crippen LogP contribution in [0.15, 0.2) is 72.9 Å². The molecule has 0 saturated carbocycles. The number of hydrogen-bond donors (Lipinski definition) is 3. The van der Waals surface area contributed by atoms with E-state index in [1.54, 1.807) is 65.4 Å². The van der Waals surface area contributed by atoms with Crippen LogP contribution >= 0.6 is 11.6 Å². The number of ether oxygens (including phenoxy) is 2. The Hall–Kier alpha value is -4.07. The number of aromatic nitrogens is 3. The molecule has 0 aliphatic carbocycles. The summed E-state index contributed by atoms with van der Waals surface area (Å²) in [6.45, 7) is 6.47. The van der Waals surface area contributed by atoms with E-state index in [4.69, 9.17) is 21.1 Å². The number of benzene rings is 3. The first-order valence-electron chi connectivity index (χ1n) is 16.0. The lowest BCUT2D eigenvalue weighted by Gasteiger charge is -2.32. The zero-order valence-corrected chi connectivity index (χ0v) is 29.1. The number of rotatable bonds is 11. The Balaban J connectivity index is 1.27. The number of anilines is 2. The average Bonchev–Trinajstić information content (AvgIpc) is 3.70. The fraction of sp³-hybridized carbons (Fsp3) is 0.371. The lowest BCUT2D eigenvalue weighted by molar-refractivity contribution is -0.146. The van der Waals surface area contributed by atoms with Gasteiger partial charge in [-0.15, -0.1) is 5.10 Å². The number of methoxy groups -OCH3 is 1. The molecule has 4 aromatic rings. The average molecular weight is 690 g/mol. The van der Waals surface area contributed by atoms with Crippen LogP contribution in [0.5, 0.6) is 5.75 Å². The van der Waals surface area contributed by atoms with E-state index >= 15 is 0 Å². The number of amides is 2. The highest BCUT2D eigenvalue weighted by atomic mass is 35.5. The first-order chi connectivity index (χ1) is 22.9. The van der Waals surface area contributed by atoms with Crippen LogP contribution in [-0.2, 0) is 34.6 Å². The van der Waals surface area contributed by atoms with Crippen LogP contribution in [0, 0.1) is 5.92 Å². The molecule has 2 aliphatic rings. The SMILES string of the molecule is COc1ccc(C(=O)Nc2cccc(CN3C(=O)[C@@]4(O[C@@H](CCn5cc(CCO)nn5)[C@H]([Si](C)(C)O)[C@H]4C)c4cc(Cl)ccc43)c2)cc1.